The second kappa shape index (κ2) is 6.79. The molecule has 15 heavy (non-hydrogen) atoms. The third kappa shape index (κ3) is 4.42. The SMILES string of the molecule is CNCCNC(=O)C1=C/C=C\C=C/C=C\1. The minimum Gasteiger partial charge on any atom is -0.351 e. The highest BCUT2D eigenvalue weighted by Crippen LogP contribution is 2.01. The molecule has 0 radical (unpaired) electrons. The number of rotatable bonds is 4. The van der Waals surface area contributed by atoms with Crippen LogP contribution < -0.4 is 10.6 Å². The van der Waals surface area contributed by atoms with Crippen LogP contribution in [0.5, 0.6) is 0 Å². The second-order valence-corrected chi connectivity index (χ2v) is 3.11. The zero-order valence-corrected chi connectivity index (χ0v) is 8.86. The predicted molar refractivity (Wildman–Crippen MR) is 62.4 cm³/mol. The molecule has 80 valence electrons. The summed E-state index contributed by atoms with van der Waals surface area (Å²) in [6.07, 6.45) is 13.0. The largest absolute Gasteiger partial charge is 0.351 e. The van der Waals surface area contributed by atoms with Crippen molar-refractivity contribution >= 4 is 5.91 Å². The Labute approximate surface area is 90.3 Å². The maximum Gasteiger partial charge on any atom is 0.251 e. The molecule has 1 rings (SSSR count). The predicted octanol–water partition coefficient (Wildman–Crippen LogP) is 0.931. The number of carbonyl (C=O) groups excluding carboxylic acids is 1. The van der Waals surface area contributed by atoms with Gasteiger partial charge >= 0.3 is 0 Å². The number of hydrogen-bond acceptors (Lipinski definition) is 2. The first-order chi connectivity index (χ1) is 7.34. The summed E-state index contributed by atoms with van der Waals surface area (Å²) in [5, 5.41) is 5.79. The third-order valence-corrected chi connectivity index (χ3v) is 1.92. The Balaban J connectivity index is 2.51. The number of nitrogens with one attached hydrogen (secondary N) is 2. The second-order valence-electron chi connectivity index (χ2n) is 3.11. The topological polar surface area (TPSA) is 41.1 Å². The highest BCUT2D eigenvalue weighted by atomic mass is 16.1. The maximum absolute atomic E-state index is 11.6. The zero-order valence-electron chi connectivity index (χ0n) is 8.86. The number of likely N-dealkylation sites (N-methyl/N-ethyl adjacent to an activating group) is 1. The Bertz CT molecular complexity index is 325. The first kappa shape index (κ1) is 11.5. The quantitative estimate of drug-likeness (QED) is 0.669. The minimum absolute atomic E-state index is 0.0403. The van der Waals surface area contributed by atoms with Gasteiger partial charge in [0.2, 0.25) is 0 Å². The van der Waals surface area contributed by atoms with Crippen LogP contribution in [0, 0.1) is 0 Å². The first-order valence-electron chi connectivity index (χ1n) is 4.99. The van der Waals surface area contributed by atoms with E-state index in [1.807, 2.05) is 37.4 Å². The molecule has 0 bridgehead atoms. The van der Waals surface area contributed by atoms with Gasteiger partial charge in [-0.1, -0.05) is 30.4 Å². The summed E-state index contributed by atoms with van der Waals surface area (Å²) < 4.78 is 0. The van der Waals surface area contributed by atoms with E-state index in [1.165, 1.54) is 0 Å². The van der Waals surface area contributed by atoms with Crippen molar-refractivity contribution in [3.63, 3.8) is 0 Å². The Morgan fingerprint density at radius 2 is 1.87 bits per heavy atom. The third-order valence-electron chi connectivity index (χ3n) is 1.92. The van der Waals surface area contributed by atoms with Crippen LogP contribution in [0.1, 0.15) is 0 Å². The van der Waals surface area contributed by atoms with Crippen LogP contribution in [0.4, 0.5) is 0 Å². The molecule has 0 aromatic carbocycles. The van der Waals surface area contributed by atoms with Crippen LogP contribution in [0.25, 0.3) is 0 Å². The molecule has 1 aliphatic rings. The molecule has 0 saturated heterocycles. The summed E-state index contributed by atoms with van der Waals surface area (Å²) in [5.74, 6) is -0.0403. The highest BCUT2D eigenvalue weighted by molar-refractivity contribution is 5.96. The maximum atomic E-state index is 11.6. The molecule has 0 aliphatic heterocycles. The fourth-order valence-electron chi connectivity index (χ4n) is 1.12. The molecule has 0 unspecified atom stereocenters. The Morgan fingerprint density at radius 3 is 2.67 bits per heavy atom. The van der Waals surface area contributed by atoms with Crippen molar-refractivity contribution in [2.24, 2.45) is 0 Å². The number of allylic oxidation sites excluding steroid dienone is 6. The van der Waals surface area contributed by atoms with Gasteiger partial charge in [0.05, 0.1) is 0 Å². The lowest BCUT2D eigenvalue weighted by atomic mass is 10.1. The molecular weight excluding hydrogens is 188 g/mol. The lowest BCUT2D eigenvalue weighted by Gasteiger charge is -2.04. The van der Waals surface area contributed by atoms with Gasteiger partial charge in [-0.15, -0.1) is 0 Å². The van der Waals surface area contributed by atoms with E-state index in [-0.39, 0.29) is 5.91 Å². The molecule has 0 heterocycles. The smallest absolute Gasteiger partial charge is 0.251 e. The van der Waals surface area contributed by atoms with Crippen molar-refractivity contribution in [2.45, 2.75) is 0 Å². The van der Waals surface area contributed by atoms with Gasteiger partial charge in [0.15, 0.2) is 0 Å². The summed E-state index contributed by atoms with van der Waals surface area (Å²) in [6.45, 7) is 1.42. The summed E-state index contributed by atoms with van der Waals surface area (Å²) in [6, 6.07) is 0. The monoisotopic (exact) mass is 204 g/mol. The molecule has 1 amide bonds. The number of hydrogen-bond donors (Lipinski definition) is 2. The summed E-state index contributed by atoms with van der Waals surface area (Å²) in [7, 11) is 1.86. The van der Waals surface area contributed by atoms with E-state index >= 15 is 0 Å². The van der Waals surface area contributed by atoms with Crippen molar-refractivity contribution in [3.8, 4) is 0 Å². The average molecular weight is 204 g/mol. The standard InChI is InChI=1S/C12H16N2O/c1-13-9-10-14-12(15)11-7-5-3-2-4-6-8-11/h2-8,13H,9-10H2,1H3,(H,14,15)/b3-2-,4-2?,5-3?,6-4-,7-5-,8-6?,11-7?,11-8+. The molecule has 1 aliphatic carbocycles. The molecule has 3 heteroatoms. The van der Waals surface area contributed by atoms with Crippen molar-refractivity contribution in [3.05, 3.63) is 48.1 Å². The first-order valence-corrected chi connectivity index (χ1v) is 4.99. The molecule has 0 saturated carbocycles. The van der Waals surface area contributed by atoms with Gasteiger partial charge in [-0.05, 0) is 19.2 Å². The van der Waals surface area contributed by atoms with Crippen LogP contribution in [0.15, 0.2) is 48.1 Å². The highest BCUT2D eigenvalue weighted by Gasteiger charge is 2.03. The molecule has 0 aromatic heterocycles. The average Bonchev–Trinajstić information content (AvgIpc) is 2.17. The van der Waals surface area contributed by atoms with Gasteiger partial charge in [0.25, 0.3) is 5.91 Å². The number of amides is 1. The van der Waals surface area contributed by atoms with E-state index in [1.54, 1.807) is 12.2 Å². The molecule has 3 nitrogen and oxygen atoms in total. The Hall–Kier alpha value is -1.61. The van der Waals surface area contributed by atoms with Gasteiger partial charge in [0.1, 0.15) is 0 Å². The normalized spacial score (nSPS) is 24.2. The van der Waals surface area contributed by atoms with E-state index in [4.69, 9.17) is 0 Å². The molecule has 0 fully saturated rings. The summed E-state index contributed by atoms with van der Waals surface area (Å²) >= 11 is 0. The van der Waals surface area contributed by atoms with Crippen LogP contribution in [-0.4, -0.2) is 26.0 Å². The van der Waals surface area contributed by atoms with Gasteiger partial charge in [-0.25, -0.2) is 0 Å². The van der Waals surface area contributed by atoms with Gasteiger partial charge in [-0.3, -0.25) is 4.79 Å². The fourth-order valence-corrected chi connectivity index (χ4v) is 1.12. The fraction of sp³-hybridized carbons (Fsp3) is 0.250. The van der Waals surface area contributed by atoms with Crippen molar-refractivity contribution < 1.29 is 4.79 Å². The van der Waals surface area contributed by atoms with Crippen molar-refractivity contribution in [2.75, 3.05) is 20.1 Å². The van der Waals surface area contributed by atoms with E-state index in [0.29, 0.717) is 12.1 Å². The van der Waals surface area contributed by atoms with Crippen LogP contribution in [-0.2, 0) is 4.79 Å². The zero-order chi connectivity index (χ0) is 10.9. The molecule has 2 N–H and O–H groups in total. The number of carbonyl (C=O) groups is 1. The molecule has 0 spiro atoms. The molecular formula is C12H16N2O. The summed E-state index contributed by atoms with van der Waals surface area (Å²) in [4.78, 5) is 11.6. The van der Waals surface area contributed by atoms with E-state index in [2.05, 4.69) is 10.6 Å². The Kier molecular flexibility index (Phi) is 5.19. The lowest BCUT2D eigenvalue weighted by Crippen LogP contribution is -2.31. The lowest BCUT2D eigenvalue weighted by molar-refractivity contribution is -0.117. The van der Waals surface area contributed by atoms with Gasteiger partial charge in [-0.2, -0.15) is 0 Å². The van der Waals surface area contributed by atoms with E-state index in [9.17, 15) is 4.79 Å². The van der Waals surface area contributed by atoms with Crippen LogP contribution >= 0.6 is 0 Å². The molecule has 0 atom stereocenters. The van der Waals surface area contributed by atoms with Crippen LogP contribution in [0.3, 0.4) is 0 Å². The Morgan fingerprint density at radius 1 is 1.13 bits per heavy atom. The van der Waals surface area contributed by atoms with E-state index < -0.39 is 0 Å². The van der Waals surface area contributed by atoms with E-state index in [0.717, 1.165) is 6.54 Å². The molecule has 0 aromatic rings. The van der Waals surface area contributed by atoms with Gasteiger partial charge in [0, 0.05) is 18.7 Å². The minimum atomic E-state index is -0.0403. The van der Waals surface area contributed by atoms with Crippen LogP contribution in [0.2, 0.25) is 0 Å². The summed E-state index contributed by atoms with van der Waals surface area (Å²) in [5.41, 5.74) is 0.673. The van der Waals surface area contributed by atoms with Gasteiger partial charge < -0.3 is 10.6 Å². The van der Waals surface area contributed by atoms with Crippen molar-refractivity contribution in [1.82, 2.24) is 10.6 Å². The van der Waals surface area contributed by atoms with Crippen molar-refractivity contribution in [1.29, 1.82) is 0 Å².